The summed E-state index contributed by atoms with van der Waals surface area (Å²) >= 11 is 0. The summed E-state index contributed by atoms with van der Waals surface area (Å²) in [7, 11) is 0. The molecule has 9 heteroatoms. The van der Waals surface area contributed by atoms with Crippen molar-refractivity contribution in [2.45, 2.75) is 13.8 Å². The first-order valence-electron chi connectivity index (χ1n) is 9.93. The maximum absolute atomic E-state index is 13.0. The number of aryl methyl sites for hydroxylation is 2. The first kappa shape index (κ1) is 18.3. The second-order valence-electron chi connectivity index (χ2n) is 7.44. The van der Waals surface area contributed by atoms with Gasteiger partial charge in [0.1, 0.15) is 12.1 Å². The van der Waals surface area contributed by atoms with Gasteiger partial charge in [0, 0.05) is 55.4 Å². The van der Waals surface area contributed by atoms with Crippen LogP contribution in [0.2, 0.25) is 0 Å². The van der Waals surface area contributed by atoms with Gasteiger partial charge >= 0.3 is 0 Å². The van der Waals surface area contributed by atoms with Crippen molar-refractivity contribution in [2.24, 2.45) is 0 Å². The number of hydrogen-bond acceptors (Lipinski definition) is 6. The minimum atomic E-state index is 0.0511. The Labute approximate surface area is 173 Å². The molecule has 0 spiro atoms. The number of hydrogen-bond donors (Lipinski definition) is 0. The molecule has 152 valence electrons. The number of rotatable bonds is 3. The molecule has 1 saturated heterocycles. The summed E-state index contributed by atoms with van der Waals surface area (Å²) in [4.78, 5) is 25.7. The number of piperazine rings is 1. The molecule has 0 bridgehead atoms. The molecule has 4 heterocycles. The fourth-order valence-electron chi connectivity index (χ4n) is 3.84. The fraction of sp³-hybridized carbons (Fsp3) is 0.286. The van der Waals surface area contributed by atoms with Gasteiger partial charge in [-0.05, 0) is 44.2 Å². The lowest BCUT2D eigenvalue weighted by Gasteiger charge is -2.36. The van der Waals surface area contributed by atoms with Crippen LogP contribution in [0.3, 0.4) is 0 Å². The second-order valence-corrected chi connectivity index (χ2v) is 7.44. The van der Waals surface area contributed by atoms with E-state index in [-0.39, 0.29) is 5.91 Å². The van der Waals surface area contributed by atoms with Crippen molar-refractivity contribution in [3.05, 3.63) is 65.9 Å². The molecule has 0 atom stereocenters. The van der Waals surface area contributed by atoms with Crippen molar-refractivity contribution in [3.8, 4) is 5.69 Å². The van der Waals surface area contributed by atoms with Crippen molar-refractivity contribution in [1.29, 1.82) is 0 Å². The maximum Gasteiger partial charge on any atom is 0.254 e. The quantitative estimate of drug-likeness (QED) is 0.520. The topological polar surface area (TPSA) is 84.5 Å². The summed E-state index contributed by atoms with van der Waals surface area (Å²) in [6, 6.07) is 11.6. The van der Waals surface area contributed by atoms with Gasteiger partial charge in [-0.25, -0.2) is 9.67 Å². The highest BCUT2D eigenvalue weighted by atomic mass is 16.2. The number of carbonyl (C=O) groups excluding carboxylic acids is 1. The third-order valence-electron chi connectivity index (χ3n) is 5.44. The van der Waals surface area contributed by atoms with Crippen LogP contribution in [0.5, 0.6) is 0 Å². The first-order chi connectivity index (χ1) is 14.6. The molecule has 0 radical (unpaired) electrons. The van der Waals surface area contributed by atoms with Crippen LogP contribution in [0.25, 0.3) is 11.5 Å². The molecule has 0 unspecified atom stereocenters. The van der Waals surface area contributed by atoms with Crippen molar-refractivity contribution in [2.75, 3.05) is 31.1 Å². The van der Waals surface area contributed by atoms with Crippen LogP contribution in [0.1, 0.15) is 21.7 Å². The third kappa shape index (κ3) is 3.18. The van der Waals surface area contributed by atoms with E-state index in [1.807, 2.05) is 59.8 Å². The van der Waals surface area contributed by atoms with E-state index in [9.17, 15) is 4.79 Å². The smallest absolute Gasteiger partial charge is 0.254 e. The van der Waals surface area contributed by atoms with Crippen molar-refractivity contribution < 1.29 is 4.79 Å². The highest BCUT2D eigenvalue weighted by Gasteiger charge is 2.24. The van der Waals surface area contributed by atoms with Gasteiger partial charge < -0.3 is 9.80 Å². The molecular weight excluding hydrogens is 380 g/mol. The zero-order chi connectivity index (χ0) is 20.7. The van der Waals surface area contributed by atoms with Gasteiger partial charge in [-0.3, -0.25) is 4.79 Å². The van der Waals surface area contributed by atoms with E-state index in [1.54, 1.807) is 10.7 Å². The molecule has 0 aliphatic carbocycles. The number of carbonyl (C=O) groups is 1. The molecule has 0 N–H and O–H groups in total. The van der Waals surface area contributed by atoms with Crippen LogP contribution in [-0.4, -0.2) is 66.3 Å². The Morgan fingerprint density at radius 1 is 0.967 bits per heavy atom. The summed E-state index contributed by atoms with van der Waals surface area (Å²) in [5, 5.41) is 8.60. The minimum absolute atomic E-state index is 0.0511. The molecule has 1 aromatic carbocycles. The predicted molar refractivity (Wildman–Crippen MR) is 112 cm³/mol. The van der Waals surface area contributed by atoms with Crippen molar-refractivity contribution in [3.63, 3.8) is 0 Å². The Morgan fingerprint density at radius 2 is 1.73 bits per heavy atom. The molecule has 1 aliphatic rings. The van der Waals surface area contributed by atoms with Gasteiger partial charge in [0.15, 0.2) is 0 Å². The van der Waals surface area contributed by atoms with Crippen LogP contribution in [0.15, 0.2) is 48.9 Å². The Bertz CT molecular complexity index is 1200. The minimum Gasteiger partial charge on any atom is -0.353 e. The number of benzene rings is 1. The monoisotopic (exact) mass is 402 g/mol. The van der Waals surface area contributed by atoms with Crippen LogP contribution in [0, 0.1) is 13.8 Å². The standard InChI is InChI=1S/C21H22N8O/c1-15-13-19(29-21(25-15)22-14-24-29)26-9-11-27(12-10-26)20(30)17-3-5-18(6-4-17)28-16(2)7-8-23-28/h3-8,13-14H,9-12H2,1-2H3. The number of fused-ring (bicyclic) bond motifs is 1. The largest absolute Gasteiger partial charge is 0.353 e. The van der Waals surface area contributed by atoms with Gasteiger partial charge in [-0.15, -0.1) is 0 Å². The molecule has 1 fully saturated rings. The van der Waals surface area contributed by atoms with E-state index in [0.29, 0.717) is 24.4 Å². The summed E-state index contributed by atoms with van der Waals surface area (Å²) in [6.45, 7) is 6.71. The molecule has 5 rings (SSSR count). The van der Waals surface area contributed by atoms with Gasteiger partial charge in [-0.1, -0.05) is 0 Å². The van der Waals surface area contributed by atoms with Gasteiger partial charge in [0.25, 0.3) is 11.7 Å². The Balaban J connectivity index is 1.29. The molecule has 0 saturated carbocycles. The Kier molecular flexibility index (Phi) is 4.42. The maximum atomic E-state index is 13.0. The van der Waals surface area contributed by atoms with E-state index in [0.717, 1.165) is 36.0 Å². The Hall–Kier alpha value is -3.75. The summed E-state index contributed by atoms with van der Waals surface area (Å²) < 4.78 is 3.61. The molecule has 1 aliphatic heterocycles. The third-order valence-corrected chi connectivity index (χ3v) is 5.44. The van der Waals surface area contributed by atoms with Crippen molar-refractivity contribution in [1.82, 2.24) is 34.3 Å². The normalized spacial score (nSPS) is 14.5. The lowest BCUT2D eigenvalue weighted by Crippen LogP contribution is -2.49. The Morgan fingerprint density at radius 3 is 2.43 bits per heavy atom. The van der Waals surface area contributed by atoms with Crippen LogP contribution in [-0.2, 0) is 0 Å². The van der Waals surface area contributed by atoms with Gasteiger partial charge in [0.2, 0.25) is 0 Å². The number of aromatic nitrogens is 6. The second kappa shape index (κ2) is 7.25. The van der Waals surface area contributed by atoms with Gasteiger partial charge in [-0.2, -0.15) is 19.7 Å². The number of anilines is 1. The van der Waals surface area contributed by atoms with E-state index in [4.69, 9.17) is 0 Å². The van der Waals surface area contributed by atoms with E-state index in [2.05, 4.69) is 25.1 Å². The average molecular weight is 402 g/mol. The molecule has 9 nitrogen and oxygen atoms in total. The molecule has 1 amide bonds. The SMILES string of the molecule is Cc1cc(N2CCN(C(=O)c3ccc(-n4nccc4C)cc3)CC2)n2ncnc2n1. The summed E-state index contributed by atoms with van der Waals surface area (Å²) in [5.74, 6) is 1.60. The van der Waals surface area contributed by atoms with E-state index in [1.165, 1.54) is 6.33 Å². The molecule has 4 aromatic rings. The van der Waals surface area contributed by atoms with Gasteiger partial charge in [0.05, 0.1) is 5.69 Å². The highest BCUT2D eigenvalue weighted by Crippen LogP contribution is 2.19. The van der Waals surface area contributed by atoms with Crippen LogP contribution >= 0.6 is 0 Å². The molecule has 3 aromatic heterocycles. The summed E-state index contributed by atoms with van der Waals surface area (Å²) in [6.07, 6.45) is 3.28. The lowest BCUT2D eigenvalue weighted by molar-refractivity contribution is 0.0746. The van der Waals surface area contributed by atoms with E-state index < -0.39 is 0 Å². The number of nitrogens with zero attached hydrogens (tertiary/aromatic N) is 8. The average Bonchev–Trinajstić information content (AvgIpc) is 3.41. The lowest BCUT2D eigenvalue weighted by atomic mass is 10.1. The first-order valence-corrected chi connectivity index (χ1v) is 9.93. The van der Waals surface area contributed by atoms with Crippen LogP contribution < -0.4 is 4.90 Å². The van der Waals surface area contributed by atoms with Crippen LogP contribution in [0.4, 0.5) is 5.82 Å². The fourth-order valence-corrected chi connectivity index (χ4v) is 3.84. The molecule has 30 heavy (non-hydrogen) atoms. The van der Waals surface area contributed by atoms with E-state index >= 15 is 0 Å². The zero-order valence-corrected chi connectivity index (χ0v) is 16.9. The highest BCUT2D eigenvalue weighted by molar-refractivity contribution is 5.94. The summed E-state index contributed by atoms with van der Waals surface area (Å²) in [5.41, 5.74) is 3.59. The number of amides is 1. The predicted octanol–water partition coefficient (Wildman–Crippen LogP) is 1.89. The zero-order valence-electron chi connectivity index (χ0n) is 16.9. The molecular formula is C21H22N8O. The van der Waals surface area contributed by atoms with Crippen molar-refractivity contribution >= 4 is 17.5 Å².